The van der Waals surface area contributed by atoms with Crippen LogP contribution in [-0.2, 0) is 4.74 Å². The van der Waals surface area contributed by atoms with Gasteiger partial charge in [0.15, 0.2) is 0 Å². The summed E-state index contributed by atoms with van der Waals surface area (Å²) in [6.45, 7) is 3.84. The molecule has 0 bridgehead atoms. The van der Waals surface area contributed by atoms with E-state index in [1.54, 1.807) is 0 Å². The minimum atomic E-state index is 0. The van der Waals surface area contributed by atoms with Crippen LogP contribution in [0.2, 0.25) is 0 Å². The SMILES string of the molecule is CC1CCOCC1NN.Cl. The summed E-state index contributed by atoms with van der Waals surface area (Å²) in [6.07, 6.45) is 1.12. The van der Waals surface area contributed by atoms with Crippen molar-refractivity contribution < 1.29 is 4.74 Å². The third-order valence-corrected chi connectivity index (χ3v) is 1.92. The summed E-state index contributed by atoms with van der Waals surface area (Å²) in [7, 11) is 0. The Labute approximate surface area is 67.7 Å². The summed E-state index contributed by atoms with van der Waals surface area (Å²) in [5.41, 5.74) is 2.73. The molecule has 0 spiro atoms. The lowest BCUT2D eigenvalue weighted by Crippen LogP contribution is -2.46. The van der Waals surface area contributed by atoms with Gasteiger partial charge in [0.1, 0.15) is 0 Å². The van der Waals surface area contributed by atoms with E-state index in [0.717, 1.165) is 19.6 Å². The molecule has 2 atom stereocenters. The second kappa shape index (κ2) is 4.91. The maximum atomic E-state index is 5.26. The van der Waals surface area contributed by atoms with Gasteiger partial charge in [0.05, 0.1) is 6.61 Å². The summed E-state index contributed by atoms with van der Waals surface area (Å²) in [6, 6.07) is 0.360. The van der Waals surface area contributed by atoms with E-state index in [4.69, 9.17) is 10.6 Å². The lowest BCUT2D eigenvalue weighted by atomic mass is 9.98. The number of halogens is 1. The Kier molecular flexibility index (Phi) is 4.99. The van der Waals surface area contributed by atoms with Gasteiger partial charge >= 0.3 is 0 Å². The van der Waals surface area contributed by atoms with Crippen LogP contribution in [0, 0.1) is 5.92 Å². The number of rotatable bonds is 1. The van der Waals surface area contributed by atoms with Crippen LogP contribution >= 0.6 is 12.4 Å². The van der Waals surface area contributed by atoms with Crippen LogP contribution < -0.4 is 11.3 Å². The molecule has 0 aromatic carbocycles. The van der Waals surface area contributed by atoms with Crippen molar-refractivity contribution in [1.82, 2.24) is 5.43 Å². The van der Waals surface area contributed by atoms with Gasteiger partial charge < -0.3 is 4.74 Å². The zero-order valence-corrected chi connectivity index (χ0v) is 6.99. The van der Waals surface area contributed by atoms with E-state index < -0.39 is 0 Å². The molecule has 1 fully saturated rings. The molecule has 0 aromatic rings. The maximum Gasteiger partial charge on any atom is 0.0635 e. The van der Waals surface area contributed by atoms with Crippen molar-refractivity contribution in [2.24, 2.45) is 11.8 Å². The van der Waals surface area contributed by atoms with Crippen molar-refractivity contribution in [2.75, 3.05) is 13.2 Å². The predicted molar refractivity (Wildman–Crippen MR) is 43.0 cm³/mol. The number of hydrogen-bond donors (Lipinski definition) is 2. The Morgan fingerprint density at radius 2 is 2.30 bits per heavy atom. The van der Waals surface area contributed by atoms with Gasteiger partial charge in [-0.2, -0.15) is 0 Å². The average Bonchev–Trinajstić information content (AvgIpc) is 1.89. The van der Waals surface area contributed by atoms with Crippen molar-refractivity contribution in [1.29, 1.82) is 0 Å². The number of ether oxygens (including phenoxy) is 1. The molecule has 3 nitrogen and oxygen atoms in total. The fraction of sp³-hybridized carbons (Fsp3) is 1.00. The van der Waals surface area contributed by atoms with Gasteiger partial charge in [-0.05, 0) is 12.3 Å². The number of hydrazine groups is 1. The first-order chi connectivity index (χ1) is 4.34. The lowest BCUT2D eigenvalue weighted by molar-refractivity contribution is 0.0417. The molecule has 4 heteroatoms. The monoisotopic (exact) mass is 166 g/mol. The normalized spacial score (nSPS) is 33.0. The highest BCUT2D eigenvalue weighted by Gasteiger charge is 2.19. The number of nitrogens with one attached hydrogen (secondary N) is 1. The fourth-order valence-corrected chi connectivity index (χ4v) is 1.06. The van der Waals surface area contributed by atoms with Crippen LogP contribution in [0.15, 0.2) is 0 Å². The zero-order valence-electron chi connectivity index (χ0n) is 6.17. The van der Waals surface area contributed by atoms with Crippen LogP contribution in [0.4, 0.5) is 0 Å². The van der Waals surface area contributed by atoms with Crippen molar-refractivity contribution in [3.8, 4) is 0 Å². The second-order valence-corrected chi connectivity index (χ2v) is 2.61. The first-order valence-corrected chi connectivity index (χ1v) is 3.38. The highest BCUT2D eigenvalue weighted by molar-refractivity contribution is 5.85. The molecule has 10 heavy (non-hydrogen) atoms. The third kappa shape index (κ3) is 2.42. The summed E-state index contributed by atoms with van der Waals surface area (Å²) in [5.74, 6) is 5.92. The molecule has 1 aliphatic rings. The average molecular weight is 167 g/mol. The van der Waals surface area contributed by atoms with Crippen LogP contribution in [0.1, 0.15) is 13.3 Å². The fourth-order valence-electron chi connectivity index (χ4n) is 1.06. The third-order valence-electron chi connectivity index (χ3n) is 1.92. The van der Waals surface area contributed by atoms with Crippen LogP contribution in [0.3, 0.4) is 0 Å². The summed E-state index contributed by atoms with van der Waals surface area (Å²) >= 11 is 0. The molecular formula is C6H15ClN2O. The van der Waals surface area contributed by atoms with E-state index >= 15 is 0 Å². The smallest absolute Gasteiger partial charge is 0.0635 e. The van der Waals surface area contributed by atoms with Crippen LogP contribution in [-0.4, -0.2) is 19.3 Å². The first kappa shape index (κ1) is 10.2. The Morgan fingerprint density at radius 1 is 1.60 bits per heavy atom. The largest absolute Gasteiger partial charge is 0.380 e. The Bertz CT molecular complexity index is 91.8. The van der Waals surface area contributed by atoms with Crippen LogP contribution in [0.5, 0.6) is 0 Å². The van der Waals surface area contributed by atoms with E-state index in [1.807, 2.05) is 0 Å². The Morgan fingerprint density at radius 3 is 2.70 bits per heavy atom. The zero-order chi connectivity index (χ0) is 6.69. The molecule has 1 rings (SSSR count). The van der Waals surface area contributed by atoms with Crippen molar-refractivity contribution in [3.05, 3.63) is 0 Å². The number of hydrogen-bond acceptors (Lipinski definition) is 3. The molecular weight excluding hydrogens is 152 g/mol. The summed E-state index contributed by atoms with van der Waals surface area (Å²) in [5, 5.41) is 0. The van der Waals surface area contributed by atoms with Crippen molar-refractivity contribution in [3.63, 3.8) is 0 Å². The van der Waals surface area contributed by atoms with Crippen LogP contribution in [0.25, 0.3) is 0 Å². The van der Waals surface area contributed by atoms with E-state index in [1.165, 1.54) is 0 Å². The van der Waals surface area contributed by atoms with E-state index in [0.29, 0.717) is 12.0 Å². The van der Waals surface area contributed by atoms with Gasteiger partial charge in [-0.15, -0.1) is 12.4 Å². The van der Waals surface area contributed by atoms with Gasteiger partial charge in [-0.1, -0.05) is 6.92 Å². The maximum absolute atomic E-state index is 5.26. The molecule has 0 aromatic heterocycles. The molecule has 3 N–H and O–H groups in total. The molecule has 62 valence electrons. The summed E-state index contributed by atoms with van der Waals surface area (Å²) in [4.78, 5) is 0. The highest BCUT2D eigenvalue weighted by atomic mass is 35.5. The quantitative estimate of drug-likeness (QED) is 0.435. The first-order valence-electron chi connectivity index (χ1n) is 3.38. The minimum Gasteiger partial charge on any atom is -0.380 e. The lowest BCUT2D eigenvalue weighted by Gasteiger charge is -2.27. The Balaban J connectivity index is 0.000000810. The molecule has 0 saturated carbocycles. The van der Waals surface area contributed by atoms with Gasteiger partial charge in [0.25, 0.3) is 0 Å². The molecule has 0 aliphatic carbocycles. The van der Waals surface area contributed by atoms with E-state index in [9.17, 15) is 0 Å². The van der Waals surface area contributed by atoms with Gasteiger partial charge in [0, 0.05) is 12.6 Å². The summed E-state index contributed by atoms with van der Waals surface area (Å²) < 4.78 is 5.20. The highest BCUT2D eigenvalue weighted by Crippen LogP contribution is 2.12. The number of nitrogens with two attached hydrogens (primary N) is 1. The Hall–Kier alpha value is 0.170. The molecule has 1 heterocycles. The van der Waals surface area contributed by atoms with E-state index in [-0.39, 0.29) is 12.4 Å². The van der Waals surface area contributed by atoms with Crippen molar-refractivity contribution >= 4 is 12.4 Å². The predicted octanol–water partition coefficient (Wildman–Crippen LogP) is 0.297. The molecule has 0 amide bonds. The molecule has 1 saturated heterocycles. The topological polar surface area (TPSA) is 47.3 Å². The standard InChI is InChI=1S/C6H14N2O.ClH/c1-5-2-3-9-4-6(5)8-7;/h5-6,8H,2-4,7H2,1H3;1H. The minimum absolute atomic E-state index is 0. The molecule has 1 aliphatic heterocycles. The second-order valence-electron chi connectivity index (χ2n) is 2.61. The molecule has 2 unspecified atom stereocenters. The molecule has 0 radical (unpaired) electrons. The van der Waals surface area contributed by atoms with Crippen molar-refractivity contribution in [2.45, 2.75) is 19.4 Å². The van der Waals surface area contributed by atoms with Gasteiger partial charge in [-0.25, -0.2) is 0 Å². The van der Waals surface area contributed by atoms with E-state index in [2.05, 4.69) is 12.3 Å². The van der Waals surface area contributed by atoms with Gasteiger partial charge in [0.2, 0.25) is 0 Å². The van der Waals surface area contributed by atoms with Gasteiger partial charge in [-0.3, -0.25) is 11.3 Å².